The number of nitrogens with one attached hydrogen (secondary N) is 4. The second-order valence-electron chi connectivity index (χ2n) is 14.8. The van der Waals surface area contributed by atoms with Gasteiger partial charge >= 0.3 is 6.03 Å². The maximum Gasteiger partial charge on any atom is 0.315 e. The number of carbonyl (C=O) groups excluding carboxylic acids is 5. The van der Waals surface area contributed by atoms with Gasteiger partial charge in [0.05, 0.1) is 6.04 Å². The van der Waals surface area contributed by atoms with Crippen molar-refractivity contribution in [1.29, 1.82) is 0 Å². The molecule has 0 aromatic heterocycles. The highest BCUT2D eigenvalue weighted by atomic mass is 16.2. The fraction of sp³-hybridized carbons (Fsp3) is 0.853. The van der Waals surface area contributed by atoms with Gasteiger partial charge in [-0.05, 0) is 68.6 Å². The summed E-state index contributed by atoms with van der Waals surface area (Å²) in [5, 5.41) is 11.8. The SMILES string of the molecule is CCCC(C)(CC)NC(=O)N[C@H]1CCCCCCCCC[C@@H](C(=O)C(=O)NCC2CC2)NC(=O)[C@@H]2[C@@H]3[C@H](CN2C1=O)C3(C)C. The molecule has 1 unspecified atom stereocenters. The van der Waals surface area contributed by atoms with Gasteiger partial charge < -0.3 is 26.2 Å². The van der Waals surface area contributed by atoms with Crippen LogP contribution in [0.15, 0.2) is 0 Å². The lowest BCUT2D eigenvalue weighted by molar-refractivity contribution is -0.144. The normalized spacial score (nSPS) is 30.7. The number of urea groups is 1. The van der Waals surface area contributed by atoms with Crippen molar-refractivity contribution in [1.82, 2.24) is 26.2 Å². The van der Waals surface area contributed by atoms with Crippen molar-refractivity contribution in [2.45, 2.75) is 148 Å². The first-order valence-electron chi connectivity index (χ1n) is 17.4. The summed E-state index contributed by atoms with van der Waals surface area (Å²) in [7, 11) is 0. The largest absolute Gasteiger partial charge is 0.349 e. The average molecular weight is 616 g/mol. The minimum Gasteiger partial charge on any atom is -0.349 e. The molecule has 4 rings (SSSR count). The number of rotatable bonds is 9. The lowest BCUT2D eigenvalue weighted by Gasteiger charge is -2.35. The van der Waals surface area contributed by atoms with Crippen LogP contribution in [0.1, 0.15) is 125 Å². The maximum absolute atomic E-state index is 14.2. The van der Waals surface area contributed by atoms with E-state index in [2.05, 4.69) is 42.0 Å². The van der Waals surface area contributed by atoms with E-state index in [9.17, 15) is 24.0 Å². The summed E-state index contributed by atoms with van der Waals surface area (Å²) in [4.78, 5) is 69.1. The second kappa shape index (κ2) is 14.6. The van der Waals surface area contributed by atoms with E-state index in [0.29, 0.717) is 31.8 Å². The summed E-state index contributed by atoms with van der Waals surface area (Å²) in [5.41, 5.74) is -0.474. The van der Waals surface area contributed by atoms with Crippen molar-refractivity contribution >= 4 is 29.5 Å². The first kappa shape index (κ1) is 34.2. The molecule has 2 aliphatic carbocycles. The van der Waals surface area contributed by atoms with E-state index in [1.807, 2.05) is 13.8 Å². The molecule has 10 nitrogen and oxygen atoms in total. The van der Waals surface area contributed by atoms with Gasteiger partial charge in [0.2, 0.25) is 17.6 Å². The van der Waals surface area contributed by atoms with Gasteiger partial charge in [0.1, 0.15) is 12.1 Å². The molecular weight excluding hydrogens is 558 g/mol. The van der Waals surface area contributed by atoms with Gasteiger partial charge in [-0.25, -0.2) is 4.79 Å². The zero-order valence-corrected chi connectivity index (χ0v) is 27.8. The molecule has 2 heterocycles. The maximum atomic E-state index is 14.2. The van der Waals surface area contributed by atoms with Gasteiger partial charge in [0.15, 0.2) is 0 Å². The first-order valence-corrected chi connectivity index (χ1v) is 17.4. The van der Waals surface area contributed by atoms with Crippen LogP contribution in [-0.4, -0.2) is 71.2 Å². The molecule has 0 radical (unpaired) electrons. The average Bonchev–Trinajstić information content (AvgIpc) is 3.84. The summed E-state index contributed by atoms with van der Waals surface area (Å²) in [6.45, 7) is 11.3. The molecule has 0 spiro atoms. The van der Waals surface area contributed by atoms with Crippen molar-refractivity contribution in [3.63, 3.8) is 0 Å². The van der Waals surface area contributed by atoms with Crippen molar-refractivity contribution in [3.05, 3.63) is 0 Å². The van der Waals surface area contributed by atoms with E-state index >= 15 is 0 Å². The Bertz CT molecular complexity index is 1070. The second-order valence-corrected chi connectivity index (χ2v) is 14.8. The van der Waals surface area contributed by atoms with Crippen LogP contribution >= 0.6 is 0 Å². The van der Waals surface area contributed by atoms with E-state index in [-0.39, 0.29) is 40.6 Å². The molecular formula is C34H57N5O5. The van der Waals surface area contributed by atoms with Crippen LogP contribution in [0.3, 0.4) is 0 Å². The zero-order valence-electron chi connectivity index (χ0n) is 27.8. The van der Waals surface area contributed by atoms with Crippen LogP contribution < -0.4 is 21.3 Å². The van der Waals surface area contributed by atoms with Crippen LogP contribution in [0.2, 0.25) is 0 Å². The Morgan fingerprint density at radius 3 is 2.20 bits per heavy atom. The molecule has 4 aliphatic rings. The minimum absolute atomic E-state index is 0.0350. The van der Waals surface area contributed by atoms with E-state index in [0.717, 1.165) is 77.0 Å². The van der Waals surface area contributed by atoms with Crippen molar-refractivity contribution < 1.29 is 24.0 Å². The number of fused-ring (bicyclic) bond motifs is 3. The third-order valence-corrected chi connectivity index (χ3v) is 11.0. The molecule has 0 aromatic rings. The minimum atomic E-state index is -0.919. The molecule has 2 saturated heterocycles. The predicted octanol–water partition coefficient (Wildman–Crippen LogP) is 4.21. The summed E-state index contributed by atoms with van der Waals surface area (Å²) < 4.78 is 0. The Morgan fingerprint density at radius 1 is 0.955 bits per heavy atom. The number of nitrogens with zero attached hydrogens (tertiary/aromatic N) is 1. The summed E-state index contributed by atoms with van der Waals surface area (Å²) in [5.74, 6) is -1.29. The van der Waals surface area contributed by atoms with Crippen LogP contribution in [0.5, 0.6) is 0 Å². The number of ketones is 1. The third kappa shape index (κ3) is 8.33. The molecule has 10 heteroatoms. The predicted molar refractivity (Wildman–Crippen MR) is 170 cm³/mol. The molecule has 2 aliphatic heterocycles. The van der Waals surface area contributed by atoms with E-state index < -0.39 is 29.8 Å². The molecule has 0 bridgehead atoms. The van der Waals surface area contributed by atoms with Crippen LogP contribution in [-0.2, 0) is 19.2 Å². The molecule has 0 aromatic carbocycles. The fourth-order valence-corrected chi connectivity index (χ4v) is 7.53. The van der Waals surface area contributed by atoms with Crippen molar-refractivity contribution in [2.24, 2.45) is 23.2 Å². The summed E-state index contributed by atoms with van der Waals surface area (Å²) >= 11 is 0. The topological polar surface area (TPSA) is 137 Å². The number of hydrogen-bond donors (Lipinski definition) is 4. The fourth-order valence-electron chi connectivity index (χ4n) is 7.53. The molecule has 4 N–H and O–H groups in total. The Kier molecular flexibility index (Phi) is 11.4. The highest BCUT2D eigenvalue weighted by Gasteiger charge is 2.69. The van der Waals surface area contributed by atoms with E-state index in [4.69, 9.17) is 0 Å². The van der Waals surface area contributed by atoms with Gasteiger partial charge in [-0.15, -0.1) is 0 Å². The standard InChI is InChI=1S/C34H57N5O5/c1-6-19-34(5,7-2)38-32(44)37-25-16-14-12-10-8-9-11-13-15-24(28(40)30(42)35-20-22-17-18-22)36-29(41)27-26-23(33(26,3)4)21-39(27)31(25)43/h22-27H,6-21H2,1-5H3,(H,35,42)(H,36,41)(H2,37,38,44)/t23-,24-,25-,26-,27-,34?/m0/s1. The number of piperidine rings is 1. The smallest absolute Gasteiger partial charge is 0.315 e. The lowest BCUT2D eigenvalue weighted by Crippen LogP contribution is -2.60. The molecule has 248 valence electrons. The Hall–Kier alpha value is -2.65. The highest BCUT2D eigenvalue weighted by Crippen LogP contribution is 2.65. The zero-order chi connectivity index (χ0) is 32.1. The number of Topliss-reactive ketones (excluding diaryl/α,β-unsaturated/α-hetero) is 1. The number of hydrogen-bond acceptors (Lipinski definition) is 5. The van der Waals surface area contributed by atoms with E-state index in [1.54, 1.807) is 4.90 Å². The van der Waals surface area contributed by atoms with Crippen LogP contribution in [0, 0.1) is 23.2 Å². The van der Waals surface area contributed by atoms with Crippen molar-refractivity contribution in [3.8, 4) is 0 Å². The van der Waals surface area contributed by atoms with Gasteiger partial charge in [-0.1, -0.05) is 79.1 Å². The molecule has 5 amide bonds. The Morgan fingerprint density at radius 2 is 1.59 bits per heavy atom. The van der Waals surface area contributed by atoms with Gasteiger partial charge in [-0.3, -0.25) is 19.2 Å². The first-order chi connectivity index (χ1) is 20.9. The van der Waals surface area contributed by atoms with Gasteiger partial charge in [0.25, 0.3) is 5.91 Å². The Balaban J connectivity index is 1.53. The van der Waals surface area contributed by atoms with Gasteiger partial charge in [0, 0.05) is 18.6 Å². The highest BCUT2D eigenvalue weighted by molar-refractivity contribution is 6.38. The molecule has 4 fully saturated rings. The van der Waals surface area contributed by atoms with E-state index in [1.165, 1.54) is 0 Å². The third-order valence-electron chi connectivity index (χ3n) is 11.0. The molecule has 44 heavy (non-hydrogen) atoms. The monoisotopic (exact) mass is 615 g/mol. The quantitative estimate of drug-likeness (QED) is 0.288. The number of carbonyl (C=O) groups is 5. The van der Waals surface area contributed by atoms with Crippen LogP contribution in [0.4, 0.5) is 4.79 Å². The summed E-state index contributed by atoms with van der Waals surface area (Å²) in [6, 6.07) is -2.76. The molecule has 6 atom stereocenters. The number of amides is 5. The van der Waals surface area contributed by atoms with Crippen LogP contribution in [0.25, 0.3) is 0 Å². The summed E-state index contributed by atoms with van der Waals surface area (Å²) in [6.07, 6.45) is 12.1. The molecule has 2 saturated carbocycles. The lowest BCUT2D eigenvalue weighted by atomic mass is 9.93. The van der Waals surface area contributed by atoms with Crippen molar-refractivity contribution in [2.75, 3.05) is 13.1 Å². The Labute approximate surface area is 264 Å². The van der Waals surface area contributed by atoms with Gasteiger partial charge in [-0.2, -0.15) is 0 Å².